The Morgan fingerprint density at radius 2 is 1.67 bits per heavy atom. The minimum atomic E-state index is -0.674. The van der Waals surface area contributed by atoms with E-state index in [2.05, 4.69) is 0 Å². The molecule has 0 atom stereocenters. The van der Waals surface area contributed by atoms with Crippen LogP contribution >= 0.6 is 12.2 Å². The molecular weight excluding hydrogens is 290 g/mol. The van der Waals surface area contributed by atoms with Crippen LogP contribution in [0.2, 0.25) is 0 Å². The molecule has 2 rings (SSSR count). The van der Waals surface area contributed by atoms with Gasteiger partial charge in [-0.3, -0.25) is 0 Å². The van der Waals surface area contributed by atoms with Crippen LogP contribution in [-0.2, 0) is 6.54 Å². The van der Waals surface area contributed by atoms with E-state index in [1.807, 2.05) is 31.2 Å². The van der Waals surface area contributed by atoms with E-state index in [0.29, 0.717) is 6.54 Å². The van der Waals surface area contributed by atoms with Crippen LogP contribution in [0.5, 0.6) is 0 Å². The fourth-order valence-corrected chi connectivity index (χ4v) is 2.24. The molecule has 110 valence electrons. The van der Waals surface area contributed by atoms with Crippen LogP contribution in [0, 0.1) is 18.6 Å². The highest BCUT2D eigenvalue weighted by atomic mass is 32.1. The first-order valence-corrected chi connectivity index (χ1v) is 6.85. The number of hydrogen-bond donors (Lipinski definition) is 1. The highest BCUT2D eigenvalue weighted by Crippen LogP contribution is 2.25. The molecule has 2 aromatic carbocycles. The average molecular weight is 306 g/mol. The number of benzene rings is 2. The zero-order valence-corrected chi connectivity index (χ0v) is 12.7. The van der Waals surface area contributed by atoms with Crippen molar-refractivity contribution in [1.82, 2.24) is 0 Å². The number of thiocarbonyl (C=S) groups is 1. The summed E-state index contributed by atoms with van der Waals surface area (Å²) in [5.41, 5.74) is 7.61. The van der Waals surface area contributed by atoms with Gasteiger partial charge in [0.05, 0.1) is 0 Å². The van der Waals surface area contributed by atoms with Gasteiger partial charge in [0.15, 0.2) is 0 Å². The van der Waals surface area contributed by atoms with E-state index in [9.17, 15) is 8.78 Å². The largest absolute Gasteiger partial charge is 0.389 e. The van der Waals surface area contributed by atoms with Crippen LogP contribution in [0.4, 0.5) is 14.5 Å². The Morgan fingerprint density at radius 3 is 2.14 bits per heavy atom. The minimum absolute atomic E-state index is 0.0273. The lowest BCUT2D eigenvalue weighted by Gasteiger charge is -2.21. The second kappa shape index (κ2) is 6.18. The van der Waals surface area contributed by atoms with Crippen molar-refractivity contribution in [2.24, 2.45) is 5.73 Å². The van der Waals surface area contributed by atoms with E-state index in [0.717, 1.165) is 23.3 Å². The zero-order valence-electron chi connectivity index (χ0n) is 11.9. The molecule has 0 aliphatic rings. The van der Waals surface area contributed by atoms with E-state index in [1.165, 1.54) is 4.90 Å². The van der Waals surface area contributed by atoms with E-state index >= 15 is 0 Å². The smallest absolute Gasteiger partial charge is 0.150 e. The Bertz CT molecular complexity index is 645. The molecule has 0 aliphatic carbocycles. The molecule has 0 amide bonds. The van der Waals surface area contributed by atoms with Crippen molar-refractivity contribution in [3.05, 3.63) is 64.7 Å². The quantitative estimate of drug-likeness (QED) is 0.876. The first-order chi connectivity index (χ1) is 9.88. The van der Waals surface area contributed by atoms with E-state index in [1.54, 1.807) is 7.05 Å². The van der Waals surface area contributed by atoms with Gasteiger partial charge in [-0.1, -0.05) is 42.0 Å². The van der Waals surface area contributed by atoms with Crippen LogP contribution in [0.15, 0.2) is 36.4 Å². The molecule has 2 aromatic rings. The third kappa shape index (κ3) is 3.55. The molecule has 0 saturated carbocycles. The summed E-state index contributed by atoms with van der Waals surface area (Å²) in [4.78, 5) is 1.50. The Balaban J connectivity index is 2.28. The number of rotatable bonds is 4. The van der Waals surface area contributed by atoms with Crippen LogP contribution in [-0.4, -0.2) is 12.0 Å². The third-order valence-electron chi connectivity index (χ3n) is 3.22. The Kier molecular flexibility index (Phi) is 4.53. The molecule has 2 N–H and O–H groups in total. The van der Waals surface area contributed by atoms with Gasteiger partial charge >= 0.3 is 0 Å². The summed E-state index contributed by atoms with van der Waals surface area (Å²) in [6.07, 6.45) is 0. The molecule has 0 aromatic heterocycles. The van der Waals surface area contributed by atoms with Crippen molar-refractivity contribution in [3.8, 4) is 0 Å². The minimum Gasteiger partial charge on any atom is -0.389 e. The number of halogens is 2. The van der Waals surface area contributed by atoms with Gasteiger partial charge in [-0.2, -0.15) is 0 Å². The van der Waals surface area contributed by atoms with E-state index < -0.39 is 11.6 Å². The molecule has 0 radical (unpaired) electrons. The van der Waals surface area contributed by atoms with Gasteiger partial charge in [0.1, 0.15) is 22.3 Å². The predicted molar refractivity (Wildman–Crippen MR) is 85.5 cm³/mol. The number of hydrogen-bond acceptors (Lipinski definition) is 2. The maximum Gasteiger partial charge on any atom is 0.150 e. The second-order valence-electron chi connectivity index (χ2n) is 4.99. The predicted octanol–water partition coefficient (Wildman–Crippen LogP) is 3.54. The van der Waals surface area contributed by atoms with E-state index in [4.69, 9.17) is 18.0 Å². The topological polar surface area (TPSA) is 29.3 Å². The summed E-state index contributed by atoms with van der Waals surface area (Å²) >= 11 is 4.74. The van der Waals surface area contributed by atoms with Crippen molar-refractivity contribution >= 4 is 22.9 Å². The second-order valence-corrected chi connectivity index (χ2v) is 5.43. The molecule has 0 saturated heterocycles. The van der Waals surface area contributed by atoms with Crippen molar-refractivity contribution in [3.63, 3.8) is 0 Å². The van der Waals surface area contributed by atoms with Crippen molar-refractivity contribution in [2.75, 3.05) is 11.9 Å². The Morgan fingerprint density at radius 1 is 1.14 bits per heavy atom. The third-order valence-corrected chi connectivity index (χ3v) is 3.46. The lowest BCUT2D eigenvalue weighted by atomic mass is 10.1. The van der Waals surface area contributed by atoms with Gasteiger partial charge in [-0.05, 0) is 24.6 Å². The van der Waals surface area contributed by atoms with Crippen LogP contribution in [0.25, 0.3) is 0 Å². The molecule has 2 nitrogen and oxygen atoms in total. The highest BCUT2D eigenvalue weighted by molar-refractivity contribution is 7.80. The molecule has 5 heteroatoms. The van der Waals surface area contributed by atoms with E-state index in [-0.39, 0.29) is 16.2 Å². The van der Waals surface area contributed by atoms with Crippen LogP contribution in [0.3, 0.4) is 0 Å². The van der Waals surface area contributed by atoms with Crippen LogP contribution < -0.4 is 10.6 Å². The van der Waals surface area contributed by atoms with Crippen molar-refractivity contribution in [1.29, 1.82) is 0 Å². The summed E-state index contributed by atoms with van der Waals surface area (Å²) in [5.74, 6) is -1.35. The van der Waals surface area contributed by atoms with Crippen molar-refractivity contribution < 1.29 is 8.78 Å². The molecule has 0 aliphatic heterocycles. The summed E-state index contributed by atoms with van der Waals surface area (Å²) in [7, 11) is 1.64. The summed E-state index contributed by atoms with van der Waals surface area (Å²) in [6.45, 7) is 2.39. The molecule has 0 fully saturated rings. The molecule has 0 unspecified atom stereocenters. The summed E-state index contributed by atoms with van der Waals surface area (Å²) in [6, 6.07) is 10.1. The molecule has 0 heterocycles. The van der Waals surface area contributed by atoms with Gasteiger partial charge in [0.2, 0.25) is 0 Å². The fourth-order valence-electron chi connectivity index (χ4n) is 2.12. The fraction of sp³-hybridized carbons (Fsp3) is 0.188. The molecular formula is C16H16F2N2S. The van der Waals surface area contributed by atoms with Crippen molar-refractivity contribution in [2.45, 2.75) is 13.5 Å². The lowest BCUT2D eigenvalue weighted by Crippen LogP contribution is -2.20. The van der Waals surface area contributed by atoms with Gasteiger partial charge in [-0.25, -0.2) is 8.78 Å². The highest BCUT2D eigenvalue weighted by Gasteiger charge is 2.16. The normalized spacial score (nSPS) is 10.5. The van der Waals surface area contributed by atoms with Gasteiger partial charge < -0.3 is 10.6 Å². The van der Waals surface area contributed by atoms with Gasteiger partial charge in [-0.15, -0.1) is 0 Å². The number of aryl methyl sites for hydroxylation is 1. The Hall–Kier alpha value is -2.01. The molecule has 21 heavy (non-hydrogen) atoms. The number of nitrogens with two attached hydrogens (primary N) is 1. The summed E-state index contributed by atoms with van der Waals surface area (Å²) < 4.78 is 28.2. The first kappa shape index (κ1) is 15.4. The molecule has 0 bridgehead atoms. The first-order valence-electron chi connectivity index (χ1n) is 6.44. The Labute approximate surface area is 128 Å². The lowest BCUT2D eigenvalue weighted by molar-refractivity contribution is 0.576. The maximum absolute atomic E-state index is 14.1. The zero-order chi connectivity index (χ0) is 15.6. The van der Waals surface area contributed by atoms with Gasteiger partial charge in [0.25, 0.3) is 0 Å². The number of nitrogens with zero attached hydrogens (tertiary/aromatic N) is 1. The van der Waals surface area contributed by atoms with Gasteiger partial charge in [0, 0.05) is 19.2 Å². The molecule has 0 spiro atoms. The SMILES string of the molecule is Cc1ccc(CN(C)c2c(F)cc(C(N)=S)cc2F)cc1. The maximum atomic E-state index is 14.1. The monoisotopic (exact) mass is 306 g/mol. The average Bonchev–Trinajstić information content (AvgIpc) is 2.40. The van der Waals surface area contributed by atoms with Crippen LogP contribution in [0.1, 0.15) is 16.7 Å². The standard InChI is InChI=1S/C16H16F2N2S/c1-10-3-5-11(6-4-10)9-20(2)15-13(17)7-12(16(19)21)8-14(15)18/h3-8H,9H2,1-2H3,(H2,19,21). The summed E-state index contributed by atoms with van der Waals surface area (Å²) in [5, 5.41) is 0. The number of anilines is 1.